The molecule has 0 N–H and O–H groups in total. The van der Waals surface area contributed by atoms with E-state index in [1.807, 2.05) is 18.2 Å². The quantitative estimate of drug-likeness (QED) is 0.813. The molecule has 0 bridgehead atoms. The maximum Gasteiger partial charge on any atom is 0.341 e. The maximum atomic E-state index is 11.8. The van der Waals surface area contributed by atoms with Crippen LogP contribution in [0.15, 0.2) is 42.5 Å². The highest BCUT2D eigenvalue weighted by Gasteiger charge is 2.25. The van der Waals surface area contributed by atoms with Crippen LogP contribution < -0.4 is 9.47 Å². The fourth-order valence-corrected chi connectivity index (χ4v) is 2.75. The second kappa shape index (κ2) is 6.10. The molecule has 1 aliphatic heterocycles. The van der Waals surface area contributed by atoms with Crippen LogP contribution in [0.4, 0.5) is 0 Å². The molecule has 0 aliphatic carbocycles. The molecule has 2 aromatic rings. The van der Waals surface area contributed by atoms with Crippen LogP contribution in [0.1, 0.15) is 34.0 Å². The fourth-order valence-electron chi connectivity index (χ4n) is 2.75. The zero-order chi connectivity index (χ0) is 15.5. The number of esters is 1. The Bertz CT molecular complexity index is 679. The van der Waals surface area contributed by atoms with Gasteiger partial charge in [0.05, 0.1) is 14.2 Å². The third-order valence-electron chi connectivity index (χ3n) is 3.90. The lowest BCUT2D eigenvalue weighted by atomic mass is 9.96. The zero-order valence-corrected chi connectivity index (χ0v) is 12.7. The Kier molecular flexibility index (Phi) is 4.00. The van der Waals surface area contributed by atoms with Gasteiger partial charge in [-0.15, -0.1) is 0 Å². The summed E-state index contributed by atoms with van der Waals surface area (Å²) in [6.45, 7) is 0. The number of hydrogen-bond donors (Lipinski definition) is 0. The number of hydrogen-bond acceptors (Lipinski definition) is 4. The van der Waals surface area contributed by atoms with Gasteiger partial charge in [0.2, 0.25) is 0 Å². The summed E-state index contributed by atoms with van der Waals surface area (Å²) in [6, 6.07) is 13.7. The van der Waals surface area contributed by atoms with Crippen LogP contribution in [0, 0.1) is 0 Å². The molecule has 3 rings (SSSR count). The number of methoxy groups -OCH3 is 2. The van der Waals surface area contributed by atoms with Gasteiger partial charge >= 0.3 is 5.97 Å². The number of carbonyl (C=O) groups excluding carboxylic acids is 1. The number of fused-ring (bicyclic) bond motifs is 1. The van der Waals surface area contributed by atoms with Crippen molar-refractivity contribution in [3.63, 3.8) is 0 Å². The Hall–Kier alpha value is -2.49. The van der Waals surface area contributed by atoms with Gasteiger partial charge in [0, 0.05) is 6.07 Å². The number of carbonyl (C=O) groups is 1. The molecular formula is C18H18O4. The molecule has 4 heteroatoms. The Morgan fingerprint density at radius 2 is 1.95 bits per heavy atom. The minimum atomic E-state index is -0.398. The molecule has 0 aromatic heterocycles. The molecule has 1 aliphatic rings. The fraction of sp³-hybridized carbons (Fsp3) is 0.278. The molecule has 1 atom stereocenters. The van der Waals surface area contributed by atoms with Crippen molar-refractivity contribution >= 4 is 5.97 Å². The Morgan fingerprint density at radius 1 is 1.18 bits per heavy atom. The molecule has 114 valence electrons. The molecule has 0 spiro atoms. The Labute approximate surface area is 129 Å². The number of ether oxygens (including phenoxy) is 3. The molecule has 0 saturated carbocycles. The van der Waals surface area contributed by atoms with Crippen molar-refractivity contribution in [2.75, 3.05) is 14.2 Å². The van der Waals surface area contributed by atoms with Gasteiger partial charge in [-0.3, -0.25) is 0 Å². The van der Waals surface area contributed by atoms with Gasteiger partial charge in [0.15, 0.2) is 0 Å². The predicted molar refractivity (Wildman–Crippen MR) is 82.5 cm³/mol. The lowest BCUT2D eigenvalue weighted by molar-refractivity contribution is 0.0596. The first-order valence-corrected chi connectivity index (χ1v) is 7.23. The van der Waals surface area contributed by atoms with Crippen LogP contribution in [0.5, 0.6) is 11.5 Å². The molecule has 0 radical (unpaired) electrons. The van der Waals surface area contributed by atoms with E-state index in [2.05, 4.69) is 12.1 Å². The summed E-state index contributed by atoms with van der Waals surface area (Å²) < 4.78 is 16.2. The lowest BCUT2D eigenvalue weighted by Crippen LogP contribution is -2.16. The number of benzene rings is 2. The highest BCUT2D eigenvalue weighted by molar-refractivity contribution is 5.93. The van der Waals surface area contributed by atoms with Crippen molar-refractivity contribution in [1.82, 2.24) is 0 Å². The summed E-state index contributed by atoms with van der Waals surface area (Å²) in [5.41, 5.74) is 2.60. The van der Waals surface area contributed by atoms with Crippen molar-refractivity contribution in [3.05, 3.63) is 59.2 Å². The standard InChI is InChI=1S/C18H18O4/c1-20-17-11-16-13(10-14(17)18(19)21-2)8-9-15(22-16)12-6-4-3-5-7-12/h3-7,10-11,15H,8-9H2,1-2H3. The topological polar surface area (TPSA) is 44.8 Å². The first-order valence-electron chi connectivity index (χ1n) is 7.23. The van der Waals surface area contributed by atoms with Gasteiger partial charge in [-0.25, -0.2) is 4.79 Å². The predicted octanol–water partition coefficient (Wildman–Crippen LogP) is 3.55. The molecule has 0 amide bonds. The molecule has 1 heterocycles. The van der Waals surface area contributed by atoms with Crippen LogP contribution >= 0.6 is 0 Å². The summed E-state index contributed by atoms with van der Waals surface area (Å²) >= 11 is 0. The van der Waals surface area contributed by atoms with E-state index in [1.54, 1.807) is 12.1 Å². The van der Waals surface area contributed by atoms with E-state index in [-0.39, 0.29) is 6.10 Å². The van der Waals surface area contributed by atoms with E-state index < -0.39 is 5.97 Å². The van der Waals surface area contributed by atoms with Gasteiger partial charge in [-0.05, 0) is 30.0 Å². The van der Waals surface area contributed by atoms with E-state index in [1.165, 1.54) is 14.2 Å². The molecule has 4 nitrogen and oxygen atoms in total. The third kappa shape index (κ3) is 2.64. The third-order valence-corrected chi connectivity index (χ3v) is 3.90. The van der Waals surface area contributed by atoms with E-state index in [0.29, 0.717) is 11.3 Å². The normalized spacial score (nSPS) is 16.4. The van der Waals surface area contributed by atoms with Gasteiger partial charge in [-0.2, -0.15) is 0 Å². The van der Waals surface area contributed by atoms with Crippen molar-refractivity contribution in [3.8, 4) is 11.5 Å². The summed E-state index contributed by atoms with van der Waals surface area (Å²) in [7, 11) is 2.90. The van der Waals surface area contributed by atoms with Gasteiger partial charge < -0.3 is 14.2 Å². The van der Waals surface area contributed by atoms with Crippen LogP contribution in [0.3, 0.4) is 0 Å². The Balaban J connectivity index is 1.93. The van der Waals surface area contributed by atoms with Crippen LogP contribution in [0.2, 0.25) is 0 Å². The average molecular weight is 298 g/mol. The first-order chi connectivity index (χ1) is 10.7. The van der Waals surface area contributed by atoms with Gasteiger partial charge in [0.25, 0.3) is 0 Å². The van der Waals surface area contributed by atoms with Crippen molar-refractivity contribution in [2.24, 2.45) is 0 Å². The van der Waals surface area contributed by atoms with Gasteiger partial charge in [0.1, 0.15) is 23.2 Å². The molecule has 0 fully saturated rings. The number of rotatable bonds is 3. The average Bonchev–Trinajstić information content (AvgIpc) is 2.60. The zero-order valence-electron chi connectivity index (χ0n) is 12.7. The number of aryl methyl sites for hydroxylation is 1. The van der Waals surface area contributed by atoms with Crippen molar-refractivity contribution < 1.29 is 19.0 Å². The highest BCUT2D eigenvalue weighted by atomic mass is 16.5. The molecule has 22 heavy (non-hydrogen) atoms. The van der Waals surface area contributed by atoms with Crippen LogP contribution in [0.25, 0.3) is 0 Å². The summed E-state index contributed by atoms with van der Waals surface area (Å²) in [4.78, 5) is 11.8. The summed E-state index contributed by atoms with van der Waals surface area (Å²) in [6.07, 6.45) is 1.76. The molecule has 0 saturated heterocycles. The van der Waals surface area contributed by atoms with E-state index in [0.717, 1.165) is 29.7 Å². The largest absolute Gasteiger partial charge is 0.496 e. The summed E-state index contributed by atoms with van der Waals surface area (Å²) in [5.74, 6) is 0.841. The Morgan fingerprint density at radius 3 is 2.64 bits per heavy atom. The van der Waals surface area contributed by atoms with E-state index in [9.17, 15) is 4.79 Å². The highest BCUT2D eigenvalue weighted by Crippen LogP contribution is 2.38. The minimum absolute atomic E-state index is 0.0300. The second-order valence-corrected chi connectivity index (χ2v) is 5.21. The maximum absolute atomic E-state index is 11.8. The molecule has 2 aromatic carbocycles. The van der Waals surface area contributed by atoms with Crippen molar-refractivity contribution in [1.29, 1.82) is 0 Å². The van der Waals surface area contributed by atoms with Gasteiger partial charge in [-0.1, -0.05) is 30.3 Å². The molecular weight excluding hydrogens is 280 g/mol. The van der Waals surface area contributed by atoms with E-state index >= 15 is 0 Å². The lowest BCUT2D eigenvalue weighted by Gasteiger charge is -2.27. The SMILES string of the molecule is COC(=O)c1cc2c(cc1OC)OC(c1ccccc1)CC2. The summed E-state index contributed by atoms with van der Waals surface area (Å²) in [5, 5.41) is 0. The van der Waals surface area contributed by atoms with Crippen LogP contribution in [-0.4, -0.2) is 20.2 Å². The van der Waals surface area contributed by atoms with E-state index in [4.69, 9.17) is 14.2 Å². The molecule has 1 unspecified atom stereocenters. The van der Waals surface area contributed by atoms with Crippen molar-refractivity contribution in [2.45, 2.75) is 18.9 Å². The minimum Gasteiger partial charge on any atom is -0.496 e. The first kappa shape index (κ1) is 14.4. The smallest absolute Gasteiger partial charge is 0.341 e. The van der Waals surface area contributed by atoms with Crippen LogP contribution in [-0.2, 0) is 11.2 Å². The monoisotopic (exact) mass is 298 g/mol. The second-order valence-electron chi connectivity index (χ2n) is 5.21.